The van der Waals surface area contributed by atoms with Gasteiger partial charge in [-0.1, -0.05) is 0 Å². The van der Waals surface area contributed by atoms with Crippen molar-refractivity contribution >= 4 is 0 Å². The summed E-state index contributed by atoms with van der Waals surface area (Å²) in [6.07, 6.45) is 6.10. The number of nitrogens with zero attached hydrogens (tertiary/aromatic N) is 2. The van der Waals surface area contributed by atoms with Crippen LogP contribution in [-0.4, -0.2) is 22.1 Å². The van der Waals surface area contributed by atoms with Gasteiger partial charge in [0.25, 0.3) is 0 Å². The molecule has 2 rings (SSSR count). The number of rotatable bonds is 2. The van der Waals surface area contributed by atoms with E-state index in [2.05, 4.69) is 9.97 Å². The second kappa shape index (κ2) is 4.53. The van der Waals surface area contributed by atoms with Crippen LogP contribution in [-0.2, 0) is 0 Å². The van der Waals surface area contributed by atoms with E-state index in [1.54, 1.807) is 0 Å². The quantitative estimate of drug-likeness (QED) is 0.800. The van der Waals surface area contributed by atoms with Gasteiger partial charge in [0.15, 0.2) is 5.82 Å². The molecule has 1 aromatic heterocycles. The highest BCUT2D eigenvalue weighted by molar-refractivity contribution is 4.96. The first-order valence-electron chi connectivity index (χ1n) is 5.14. The lowest BCUT2D eigenvalue weighted by Crippen LogP contribution is -2.32. The Morgan fingerprint density at radius 3 is 2.40 bits per heavy atom. The van der Waals surface area contributed by atoms with Crippen molar-refractivity contribution in [3.63, 3.8) is 0 Å². The van der Waals surface area contributed by atoms with E-state index in [4.69, 9.17) is 10.5 Å². The third-order valence-electron chi connectivity index (χ3n) is 2.59. The van der Waals surface area contributed by atoms with Crippen LogP contribution in [0.25, 0.3) is 0 Å². The highest BCUT2D eigenvalue weighted by atomic mass is 19.1. The summed E-state index contributed by atoms with van der Waals surface area (Å²) in [5.74, 6) is -0.451. The molecule has 82 valence electrons. The second-order valence-corrected chi connectivity index (χ2v) is 3.84. The Bertz CT molecular complexity index is 309. The molecule has 15 heavy (non-hydrogen) atoms. The van der Waals surface area contributed by atoms with Gasteiger partial charge in [0.1, 0.15) is 6.10 Å². The average molecular weight is 211 g/mol. The Morgan fingerprint density at radius 2 is 1.80 bits per heavy atom. The molecule has 2 N–H and O–H groups in total. The highest BCUT2D eigenvalue weighted by Crippen LogP contribution is 2.20. The predicted molar refractivity (Wildman–Crippen MR) is 52.8 cm³/mol. The van der Waals surface area contributed by atoms with Crippen molar-refractivity contribution in [1.29, 1.82) is 0 Å². The standard InChI is InChI=1S/C10H14FN3O/c11-7-5-13-10(14-6-7)15-9-3-1-8(12)2-4-9/h5-6,8-9H,1-4,12H2. The summed E-state index contributed by atoms with van der Waals surface area (Å²) in [7, 11) is 0. The third kappa shape index (κ3) is 2.86. The molecule has 0 aromatic carbocycles. The molecule has 0 aliphatic heterocycles. The van der Waals surface area contributed by atoms with Gasteiger partial charge in [0.05, 0.1) is 12.4 Å². The van der Waals surface area contributed by atoms with Gasteiger partial charge in [0.2, 0.25) is 0 Å². The van der Waals surface area contributed by atoms with Crippen LogP contribution in [0.15, 0.2) is 12.4 Å². The molecule has 4 nitrogen and oxygen atoms in total. The van der Waals surface area contributed by atoms with Gasteiger partial charge in [-0.05, 0) is 25.7 Å². The lowest BCUT2D eigenvalue weighted by molar-refractivity contribution is 0.134. The summed E-state index contributed by atoms with van der Waals surface area (Å²) in [6.45, 7) is 0. The fourth-order valence-electron chi connectivity index (χ4n) is 1.72. The second-order valence-electron chi connectivity index (χ2n) is 3.84. The van der Waals surface area contributed by atoms with E-state index in [1.165, 1.54) is 0 Å². The largest absolute Gasteiger partial charge is 0.460 e. The van der Waals surface area contributed by atoms with Crippen LogP contribution in [0.2, 0.25) is 0 Å². The first-order valence-corrected chi connectivity index (χ1v) is 5.14. The molecule has 0 radical (unpaired) electrons. The molecule has 1 aromatic rings. The number of halogens is 1. The van der Waals surface area contributed by atoms with E-state index in [-0.39, 0.29) is 12.1 Å². The molecule has 1 saturated carbocycles. The molecule has 0 atom stereocenters. The molecule has 1 aliphatic rings. The van der Waals surface area contributed by atoms with E-state index >= 15 is 0 Å². The van der Waals surface area contributed by atoms with Gasteiger partial charge in [-0.15, -0.1) is 0 Å². The predicted octanol–water partition coefficient (Wildman–Crippen LogP) is 1.26. The summed E-state index contributed by atoms with van der Waals surface area (Å²) >= 11 is 0. The first kappa shape index (κ1) is 10.3. The molecule has 5 heteroatoms. The van der Waals surface area contributed by atoms with Crippen molar-refractivity contribution in [2.75, 3.05) is 0 Å². The van der Waals surface area contributed by atoms with Crippen molar-refractivity contribution in [3.8, 4) is 6.01 Å². The maximum Gasteiger partial charge on any atom is 0.316 e. The van der Waals surface area contributed by atoms with E-state index in [0.717, 1.165) is 38.1 Å². The maximum absolute atomic E-state index is 12.5. The SMILES string of the molecule is NC1CCC(Oc2ncc(F)cn2)CC1. The van der Waals surface area contributed by atoms with Gasteiger partial charge in [-0.2, -0.15) is 0 Å². The normalized spacial score (nSPS) is 26.3. The van der Waals surface area contributed by atoms with Crippen molar-refractivity contribution in [1.82, 2.24) is 9.97 Å². The van der Waals surface area contributed by atoms with Gasteiger partial charge >= 0.3 is 6.01 Å². The average Bonchev–Trinajstić information content (AvgIpc) is 2.25. The number of aromatic nitrogens is 2. The third-order valence-corrected chi connectivity index (χ3v) is 2.59. The number of ether oxygens (including phenoxy) is 1. The monoisotopic (exact) mass is 211 g/mol. The van der Waals surface area contributed by atoms with Crippen molar-refractivity contribution in [2.24, 2.45) is 5.73 Å². The molecule has 1 aliphatic carbocycles. The van der Waals surface area contributed by atoms with E-state index in [9.17, 15) is 4.39 Å². The zero-order valence-electron chi connectivity index (χ0n) is 8.40. The molecule has 0 bridgehead atoms. The van der Waals surface area contributed by atoms with E-state index < -0.39 is 5.82 Å². The van der Waals surface area contributed by atoms with Crippen LogP contribution in [0, 0.1) is 5.82 Å². The van der Waals surface area contributed by atoms with Crippen molar-refractivity contribution in [2.45, 2.75) is 37.8 Å². The summed E-state index contributed by atoms with van der Waals surface area (Å²) in [5, 5.41) is 0. The molecule has 0 saturated heterocycles. The van der Waals surface area contributed by atoms with Crippen LogP contribution in [0.4, 0.5) is 4.39 Å². The van der Waals surface area contributed by atoms with E-state index in [1.807, 2.05) is 0 Å². The van der Waals surface area contributed by atoms with Gasteiger partial charge in [-0.3, -0.25) is 0 Å². The summed E-state index contributed by atoms with van der Waals surface area (Å²) in [6, 6.07) is 0.538. The van der Waals surface area contributed by atoms with Crippen molar-refractivity contribution < 1.29 is 9.13 Å². The van der Waals surface area contributed by atoms with Crippen LogP contribution < -0.4 is 10.5 Å². The summed E-state index contributed by atoms with van der Waals surface area (Å²) in [5.41, 5.74) is 5.77. The van der Waals surface area contributed by atoms with Crippen LogP contribution >= 0.6 is 0 Å². The topological polar surface area (TPSA) is 61.0 Å². The molecular weight excluding hydrogens is 197 g/mol. The summed E-state index contributed by atoms with van der Waals surface area (Å²) in [4.78, 5) is 7.50. The zero-order chi connectivity index (χ0) is 10.7. The maximum atomic E-state index is 12.5. The van der Waals surface area contributed by atoms with Crippen molar-refractivity contribution in [3.05, 3.63) is 18.2 Å². The van der Waals surface area contributed by atoms with Gasteiger partial charge in [0, 0.05) is 6.04 Å². The Labute approximate surface area is 87.7 Å². The zero-order valence-corrected chi connectivity index (χ0v) is 8.40. The fraction of sp³-hybridized carbons (Fsp3) is 0.600. The Hall–Kier alpha value is -1.23. The molecule has 0 unspecified atom stereocenters. The number of hydrogen-bond acceptors (Lipinski definition) is 4. The molecule has 0 amide bonds. The lowest BCUT2D eigenvalue weighted by atomic mass is 9.94. The van der Waals surface area contributed by atoms with Gasteiger partial charge < -0.3 is 10.5 Å². The molecule has 1 heterocycles. The molecule has 0 spiro atoms. The Morgan fingerprint density at radius 1 is 1.20 bits per heavy atom. The lowest BCUT2D eigenvalue weighted by Gasteiger charge is -2.25. The number of nitrogens with two attached hydrogens (primary N) is 1. The minimum absolute atomic E-state index is 0.121. The minimum atomic E-state index is -0.451. The number of hydrogen-bond donors (Lipinski definition) is 1. The fourth-order valence-corrected chi connectivity index (χ4v) is 1.72. The highest BCUT2D eigenvalue weighted by Gasteiger charge is 2.20. The van der Waals surface area contributed by atoms with Crippen LogP contribution in [0.1, 0.15) is 25.7 Å². The minimum Gasteiger partial charge on any atom is -0.460 e. The van der Waals surface area contributed by atoms with E-state index in [0.29, 0.717) is 6.04 Å². The van der Waals surface area contributed by atoms with Crippen LogP contribution in [0.5, 0.6) is 6.01 Å². The molecule has 1 fully saturated rings. The summed E-state index contributed by atoms with van der Waals surface area (Å²) < 4.78 is 18.0. The first-order chi connectivity index (χ1) is 7.24. The van der Waals surface area contributed by atoms with Gasteiger partial charge in [-0.25, -0.2) is 14.4 Å². The Kier molecular flexibility index (Phi) is 3.11. The van der Waals surface area contributed by atoms with Crippen LogP contribution in [0.3, 0.4) is 0 Å². The molecular formula is C10H14FN3O. The Balaban J connectivity index is 1.89. The smallest absolute Gasteiger partial charge is 0.316 e.